The van der Waals surface area contributed by atoms with Gasteiger partial charge in [0.25, 0.3) is 0 Å². The Labute approximate surface area is 339 Å². The molecule has 0 amide bonds. The molecule has 0 saturated carbocycles. The quantitative estimate of drug-likeness (QED) is 0.168. The van der Waals surface area contributed by atoms with E-state index in [9.17, 15) is 0 Å². The first-order chi connectivity index (χ1) is 28.9. The minimum Gasteiger partial charge on any atom is -0.457 e. The van der Waals surface area contributed by atoms with Crippen molar-refractivity contribution in [2.45, 2.75) is 27.7 Å². The summed E-state index contributed by atoms with van der Waals surface area (Å²) in [5.41, 5.74) is 17.9. The van der Waals surface area contributed by atoms with E-state index in [1.807, 2.05) is 24.5 Å². The standard InChI is InChI=1S/C53H37N5O/c1-30-11-9-12-31(2)48(30)38-23-24-39(49-32(3)13-10-14-33(49)4)51-50(38)37-22-20-35(28-41(37)53-56-44-16-6-8-18-47(44)58(51)53)59-34-19-21-36-40(27-34)52-55-43-15-5-7-17-46(43)57(52)45-25-26-54-29-42(36)45/h5-29H,1-4H3. The fourth-order valence-corrected chi connectivity index (χ4v) is 9.79. The summed E-state index contributed by atoms with van der Waals surface area (Å²) in [6.07, 6.45) is 3.79. The summed E-state index contributed by atoms with van der Waals surface area (Å²) in [7, 11) is 0. The monoisotopic (exact) mass is 759 g/mol. The highest BCUT2D eigenvalue weighted by molar-refractivity contribution is 6.22. The molecule has 0 radical (unpaired) electrons. The van der Waals surface area contributed by atoms with Crippen LogP contribution in [0.3, 0.4) is 0 Å². The van der Waals surface area contributed by atoms with Crippen LogP contribution in [0.15, 0.2) is 152 Å². The Morgan fingerprint density at radius 1 is 0.441 bits per heavy atom. The molecule has 6 heteroatoms. The van der Waals surface area contributed by atoms with Crippen LogP contribution in [0.2, 0.25) is 0 Å². The molecule has 0 bridgehead atoms. The summed E-state index contributed by atoms with van der Waals surface area (Å²) in [4.78, 5) is 15.0. The molecule has 12 aromatic rings. The van der Waals surface area contributed by atoms with Crippen molar-refractivity contribution < 1.29 is 4.74 Å². The second-order valence-electron chi connectivity index (χ2n) is 15.8. The third-order valence-electron chi connectivity index (χ3n) is 12.3. The SMILES string of the molecule is Cc1cccc(C)c1-c1ccc(-c2c(C)cccc2C)c2c1c1ccc(Oc3ccc4c5cnccc5n5c6ccccc6nc5c4c3)cc1c1nc3ccccc3n12. The zero-order valence-corrected chi connectivity index (χ0v) is 33.1. The normalized spacial score (nSPS) is 12.1. The third-order valence-corrected chi connectivity index (χ3v) is 12.3. The summed E-state index contributed by atoms with van der Waals surface area (Å²) in [5.74, 6) is 1.46. The van der Waals surface area contributed by atoms with Crippen LogP contribution in [0.1, 0.15) is 22.3 Å². The van der Waals surface area contributed by atoms with Gasteiger partial charge in [0.05, 0.1) is 33.1 Å². The van der Waals surface area contributed by atoms with Gasteiger partial charge in [-0.1, -0.05) is 72.8 Å². The highest BCUT2D eigenvalue weighted by Crippen LogP contribution is 2.46. The number of benzene rings is 7. The van der Waals surface area contributed by atoms with Gasteiger partial charge in [-0.3, -0.25) is 13.8 Å². The van der Waals surface area contributed by atoms with E-state index in [-0.39, 0.29) is 0 Å². The molecule has 7 aromatic carbocycles. The van der Waals surface area contributed by atoms with Gasteiger partial charge in [0.2, 0.25) is 0 Å². The summed E-state index contributed by atoms with van der Waals surface area (Å²) >= 11 is 0. The second kappa shape index (κ2) is 12.5. The highest BCUT2D eigenvalue weighted by Gasteiger charge is 2.23. The first-order valence-corrected chi connectivity index (χ1v) is 20.1. The van der Waals surface area contributed by atoms with Gasteiger partial charge in [-0.2, -0.15) is 0 Å². The Kier molecular flexibility index (Phi) is 7.09. The minimum absolute atomic E-state index is 0.730. The number of hydrogen-bond acceptors (Lipinski definition) is 4. The van der Waals surface area contributed by atoms with Crippen LogP contribution in [-0.2, 0) is 0 Å². The van der Waals surface area contributed by atoms with E-state index in [2.05, 4.69) is 169 Å². The lowest BCUT2D eigenvalue weighted by molar-refractivity contribution is 0.484. The molecule has 0 unspecified atom stereocenters. The van der Waals surface area contributed by atoms with E-state index in [0.717, 1.165) is 82.8 Å². The van der Waals surface area contributed by atoms with Crippen molar-refractivity contribution in [1.29, 1.82) is 0 Å². The summed E-state index contributed by atoms with van der Waals surface area (Å²) in [6, 6.07) is 49.5. The van der Waals surface area contributed by atoms with Crippen molar-refractivity contribution in [1.82, 2.24) is 23.8 Å². The molecular weight excluding hydrogens is 723 g/mol. The lowest BCUT2D eigenvalue weighted by Crippen LogP contribution is -2.00. The number of rotatable bonds is 4. The highest BCUT2D eigenvalue weighted by atomic mass is 16.5. The molecule has 59 heavy (non-hydrogen) atoms. The second-order valence-corrected chi connectivity index (χ2v) is 15.8. The van der Waals surface area contributed by atoms with Crippen LogP contribution in [0.5, 0.6) is 11.5 Å². The van der Waals surface area contributed by atoms with Gasteiger partial charge in [-0.05, 0) is 144 Å². The summed E-state index contributed by atoms with van der Waals surface area (Å²) < 4.78 is 11.5. The number of para-hydroxylation sites is 4. The molecule has 12 rings (SSSR count). The molecule has 5 aromatic heterocycles. The number of aromatic nitrogens is 5. The smallest absolute Gasteiger partial charge is 0.146 e. The zero-order valence-electron chi connectivity index (χ0n) is 33.1. The van der Waals surface area contributed by atoms with Gasteiger partial charge in [0.1, 0.15) is 22.8 Å². The molecule has 0 saturated heterocycles. The molecule has 0 aliphatic rings. The molecule has 6 nitrogen and oxygen atoms in total. The molecular formula is C53H37N5O. The molecule has 0 aliphatic carbocycles. The fraction of sp³-hybridized carbons (Fsp3) is 0.0755. The average molecular weight is 760 g/mol. The molecule has 5 heterocycles. The van der Waals surface area contributed by atoms with Gasteiger partial charge in [0, 0.05) is 39.5 Å². The maximum atomic E-state index is 6.85. The topological polar surface area (TPSA) is 56.7 Å². The number of fused-ring (bicyclic) bond motifs is 16. The lowest BCUT2D eigenvalue weighted by atomic mass is 9.86. The third kappa shape index (κ3) is 4.83. The maximum Gasteiger partial charge on any atom is 0.146 e. The predicted octanol–water partition coefficient (Wildman–Crippen LogP) is 13.7. The number of hydrogen-bond donors (Lipinski definition) is 0. The molecule has 280 valence electrons. The van der Waals surface area contributed by atoms with Gasteiger partial charge in [0.15, 0.2) is 0 Å². The summed E-state index contributed by atoms with van der Waals surface area (Å²) in [6.45, 7) is 8.87. The van der Waals surface area contributed by atoms with E-state index < -0.39 is 0 Å². The number of ether oxygens (including phenoxy) is 1. The van der Waals surface area contributed by atoms with Crippen LogP contribution in [0.25, 0.3) is 99.0 Å². The largest absolute Gasteiger partial charge is 0.457 e. The van der Waals surface area contributed by atoms with Crippen molar-refractivity contribution in [3.63, 3.8) is 0 Å². The molecule has 0 fully saturated rings. The van der Waals surface area contributed by atoms with Crippen LogP contribution in [0.4, 0.5) is 0 Å². The molecule has 0 aliphatic heterocycles. The van der Waals surface area contributed by atoms with Crippen molar-refractivity contribution >= 4 is 76.7 Å². The number of aryl methyl sites for hydroxylation is 4. The minimum atomic E-state index is 0.730. The average Bonchev–Trinajstić information content (AvgIpc) is 3.84. The van der Waals surface area contributed by atoms with E-state index in [0.29, 0.717) is 0 Å². The predicted molar refractivity (Wildman–Crippen MR) is 243 cm³/mol. The maximum absolute atomic E-state index is 6.85. The number of nitrogens with zero attached hydrogens (tertiary/aromatic N) is 5. The fourth-order valence-electron chi connectivity index (χ4n) is 9.79. The van der Waals surface area contributed by atoms with Gasteiger partial charge >= 0.3 is 0 Å². The van der Waals surface area contributed by atoms with Crippen molar-refractivity contribution in [3.05, 3.63) is 174 Å². The van der Waals surface area contributed by atoms with Crippen LogP contribution < -0.4 is 4.74 Å². The Morgan fingerprint density at radius 2 is 0.983 bits per heavy atom. The van der Waals surface area contributed by atoms with Crippen LogP contribution in [0, 0.1) is 27.7 Å². The van der Waals surface area contributed by atoms with Crippen LogP contribution >= 0.6 is 0 Å². The van der Waals surface area contributed by atoms with E-state index >= 15 is 0 Å². The first-order valence-electron chi connectivity index (χ1n) is 20.1. The van der Waals surface area contributed by atoms with Gasteiger partial charge in [-0.15, -0.1) is 0 Å². The number of pyridine rings is 3. The Morgan fingerprint density at radius 3 is 1.64 bits per heavy atom. The van der Waals surface area contributed by atoms with E-state index in [1.165, 1.54) is 49.9 Å². The first kappa shape index (κ1) is 33.6. The zero-order chi connectivity index (χ0) is 39.5. The molecule has 0 N–H and O–H groups in total. The van der Waals surface area contributed by atoms with Gasteiger partial charge in [-0.25, -0.2) is 9.97 Å². The summed E-state index contributed by atoms with van der Waals surface area (Å²) in [5, 5.41) is 6.50. The Bertz CT molecular complexity index is 3720. The molecule has 0 spiro atoms. The van der Waals surface area contributed by atoms with Crippen molar-refractivity contribution in [2.24, 2.45) is 0 Å². The van der Waals surface area contributed by atoms with E-state index in [1.54, 1.807) is 0 Å². The van der Waals surface area contributed by atoms with Crippen LogP contribution in [-0.4, -0.2) is 23.8 Å². The number of imidazole rings is 2. The van der Waals surface area contributed by atoms with Crippen molar-refractivity contribution in [2.75, 3.05) is 0 Å². The molecule has 0 atom stereocenters. The Hall–Kier alpha value is -7.57. The van der Waals surface area contributed by atoms with Crippen molar-refractivity contribution in [3.8, 4) is 33.8 Å². The van der Waals surface area contributed by atoms with E-state index in [4.69, 9.17) is 14.7 Å². The lowest BCUT2D eigenvalue weighted by Gasteiger charge is -2.21. The Balaban J connectivity index is 1.15. The van der Waals surface area contributed by atoms with Gasteiger partial charge < -0.3 is 4.74 Å².